The summed E-state index contributed by atoms with van der Waals surface area (Å²) in [6.07, 6.45) is 53.5. The van der Waals surface area contributed by atoms with E-state index in [1.807, 2.05) is 0 Å². The summed E-state index contributed by atoms with van der Waals surface area (Å²) in [5.74, 6) is -0.946. The zero-order valence-corrected chi connectivity index (χ0v) is 36.6. The highest BCUT2D eigenvalue weighted by Crippen LogP contribution is 2.13. The van der Waals surface area contributed by atoms with Gasteiger partial charge in [0.15, 0.2) is 6.10 Å². The lowest BCUT2D eigenvalue weighted by atomic mass is 10.1. The van der Waals surface area contributed by atoms with Gasteiger partial charge in [0.05, 0.1) is 0 Å². The van der Waals surface area contributed by atoms with Gasteiger partial charge in [-0.05, 0) is 83.5 Å². The highest BCUT2D eigenvalue weighted by molar-refractivity contribution is 5.71. The second-order valence-electron chi connectivity index (χ2n) is 15.3. The smallest absolute Gasteiger partial charge is 0.306 e. The molecule has 1 atom stereocenters. The molecule has 0 spiro atoms. The molecule has 0 aliphatic rings. The third-order valence-electron chi connectivity index (χ3n) is 9.76. The second-order valence-corrected chi connectivity index (χ2v) is 15.3. The Bertz CT molecular complexity index is 1040. The maximum Gasteiger partial charge on any atom is 0.306 e. The van der Waals surface area contributed by atoms with Crippen LogP contribution in [0.2, 0.25) is 0 Å². The molecule has 0 heterocycles. The molecule has 0 aliphatic carbocycles. The Labute approximate surface area is 345 Å². The summed E-state index contributed by atoms with van der Waals surface area (Å²) in [4.78, 5) is 37.7. The van der Waals surface area contributed by atoms with E-state index >= 15 is 0 Å². The van der Waals surface area contributed by atoms with Crippen molar-refractivity contribution in [1.29, 1.82) is 0 Å². The maximum atomic E-state index is 12.7. The SMILES string of the molecule is CC/C=C\C/C=C\C/C=C\C/C=C\CCCCC(=O)OCC(COC(=O)CCCCCCCCCCC)OC(=O)CCCCCCC/C=C\CCCCCCC. The van der Waals surface area contributed by atoms with Crippen LogP contribution in [0, 0.1) is 0 Å². The maximum absolute atomic E-state index is 12.7. The average molecular weight is 783 g/mol. The van der Waals surface area contributed by atoms with E-state index in [2.05, 4.69) is 81.5 Å². The topological polar surface area (TPSA) is 78.9 Å². The number of carbonyl (C=O) groups is 3. The van der Waals surface area contributed by atoms with Gasteiger partial charge in [-0.25, -0.2) is 0 Å². The predicted octanol–water partition coefficient (Wildman–Crippen LogP) is 14.9. The van der Waals surface area contributed by atoms with Gasteiger partial charge in [-0.15, -0.1) is 0 Å². The van der Waals surface area contributed by atoms with E-state index < -0.39 is 6.10 Å². The minimum atomic E-state index is -0.790. The van der Waals surface area contributed by atoms with Crippen molar-refractivity contribution in [3.63, 3.8) is 0 Å². The minimum Gasteiger partial charge on any atom is -0.462 e. The van der Waals surface area contributed by atoms with Crippen molar-refractivity contribution in [1.82, 2.24) is 0 Å². The summed E-state index contributed by atoms with van der Waals surface area (Å²) < 4.78 is 16.7. The van der Waals surface area contributed by atoms with Crippen LogP contribution in [-0.4, -0.2) is 37.2 Å². The van der Waals surface area contributed by atoms with Crippen molar-refractivity contribution >= 4 is 17.9 Å². The summed E-state index contributed by atoms with van der Waals surface area (Å²) >= 11 is 0. The van der Waals surface area contributed by atoms with E-state index in [1.54, 1.807) is 0 Å². The molecule has 0 aromatic heterocycles. The van der Waals surface area contributed by atoms with E-state index in [0.29, 0.717) is 19.3 Å². The normalized spacial score (nSPS) is 12.6. The van der Waals surface area contributed by atoms with Gasteiger partial charge in [-0.3, -0.25) is 14.4 Å². The van der Waals surface area contributed by atoms with E-state index in [4.69, 9.17) is 14.2 Å². The van der Waals surface area contributed by atoms with E-state index in [9.17, 15) is 14.4 Å². The lowest BCUT2D eigenvalue weighted by Gasteiger charge is -2.18. The number of hydrogen-bond acceptors (Lipinski definition) is 6. The monoisotopic (exact) mass is 783 g/mol. The summed E-state index contributed by atoms with van der Waals surface area (Å²) in [7, 11) is 0. The van der Waals surface area contributed by atoms with Crippen LogP contribution in [0.5, 0.6) is 0 Å². The lowest BCUT2D eigenvalue weighted by molar-refractivity contribution is -0.167. The van der Waals surface area contributed by atoms with Crippen LogP contribution in [0.25, 0.3) is 0 Å². The van der Waals surface area contributed by atoms with Gasteiger partial charge in [-0.2, -0.15) is 0 Å². The molecule has 0 bridgehead atoms. The van der Waals surface area contributed by atoms with E-state index in [1.165, 1.54) is 83.5 Å². The Hall–Kier alpha value is -2.89. The Kier molecular flexibility index (Phi) is 42.5. The standard InChI is InChI=1S/C50H86O6/c1-4-7-10-13-16-19-21-23-25-27-28-31-34-37-40-43-49(52)55-46-47(45-54-48(51)42-39-36-33-30-18-15-12-9-6-3)56-50(53)44-41-38-35-32-29-26-24-22-20-17-14-11-8-5-2/h7,10,16,19,22-25,28,31,47H,4-6,8-9,11-15,17-18,20-21,26-27,29-30,32-46H2,1-3H3/b10-7-,19-16-,24-22-,25-23-,31-28-. The molecule has 0 saturated heterocycles. The molecule has 0 N–H and O–H groups in total. The highest BCUT2D eigenvalue weighted by Gasteiger charge is 2.19. The Morgan fingerprint density at radius 1 is 0.375 bits per heavy atom. The number of carbonyl (C=O) groups excluding carboxylic acids is 3. The van der Waals surface area contributed by atoms with Crippen molar-refractivity contribution in [2.24, 2.45) is 0 Å². The highest BCUT2D eigenvalue weighted by atomic mass is 16.6. The van der Waals surface area contributed by atoms with E-state index in [0.717, 1.165) is 96.3 Å². The third-order valence-corrected chi connectivity index (χ3v) is 9.76. The van der Waals surface area contributed by atoms with Crippen LogP contribution >= 0.6 is 0 Å². The van der Waals surface area contributed by atoms with Gasteiger partial charge in [0.1, 0.15) is 13.2 Å². The first-order valence-corrected chi connectivity index (χ1v) is 23.3. The molecular weight excluding hydrogens is 697 g/mol. The molecule has 0 aromatic carbocycles. The Morgan fingerprint density at radius 3 is 1.14 bits per heavy atom. The fourth-order valence-corrected chi connectivity index (χ4v) is 6.25. The lowest BCUT2D eigenvalue weighted by Crippen LogP contribution is -2.30. The van der Waals surface area contributed by atoms with E-state index in [-0.39, 0.29) is 31.1 Å². The summed E-state index contributed by atoms with van der Waals surface area (Å²) in [6.45, 7) is 6.44. The van der Waals surface area contributed by atoms with Gasteiger partial charge in [-0.1, -0.05) is 178 Å². The molecule has 0 saturated carbocycles. The summed E-state index contributed by atoms with van der Waals surface area (Å²) in [6, 6.07) is 0. The van der Waals surface area contributed by atoms with Crippen LogP contribution in [0.15, 0.2) is 60.8 Å². The molecule has 0 radical (unpaired) electrons. The van der Waals surface area contributed by atoms with Crippen LogP contribution in [0.4, 0.5) is 0 Å². The third kappa shape index (κ3) is 42.3. The molecule has 0 aliphatic heterocycles. The fourth-order valence-electron chi connectivity index (χ4n) is 6.25. The van der Waals surface area contributed by atoms with Gasteiger partial charge in [0, 0.05) is 19.3 Å². The Balaban J connectivity index is 4.44. The fraction of sp³-hybridized carbons (Fsp3) is 0.740. The van der Waals surface area contributed by atoms with Crippen LogP contribution < -0.4 is 0 Å². The zero-order chi connectivity index (χ0) is 40.8. The number of hydrogen-bond donors (Lipinski definition) is 0. The van der Waals surface area contributed by atoms with Crippen LogP contribution in [0.1, 0.15) is 220 Å². The number of rotatable bonds is 41. The average Bonchev–Trinajstić information content (AvgIpc) is 3.19. The largest absolute Gasteiger partial charge is 0.462 e. The molecule has 0 amide bonds. The van der Waals surface area contributed by atoms with Gasteiger partial charge >= 0.3 is 17.9 Å². The van der Waals surface area contributed by atoms with Gasteiger partial charge in [0.25, 0.3) is 0 Å². The number of ether oxygens (including phenoxy) is 3. The van der Waals surface area contributed by atoms with Gasteiger partial charge in [0.2, 0.25) is 0 Å². The van der Waals surface area contributed by atoms with Crippen molar-refractivity contribution < 1.29 is 28.6 Å². The molecule has 0 fully saturated rings. The van der Waals surface area contributed by atoms with Crippen molar-refractivity contribution in [2.75, 3.05) is 13.2 Å². The summed E-state index contributed by atoms with van der Waals surface area (Å²) in [5, 5.41) is 0. The first-order chi connectivity index (χ1) is 27.5. The minimum absolute atomic E-state index is 0.0899. The number of unbranched alkanes of at least 4 members (excludes halogenated alkanes) is 20. The molecule has 6 nitrogen and oxygen atoms in total. The Morgan fingerprint density at radius 2 is 0.696 bits per heavy atom. The first kappa shape index (κ1) is 53.1. The van der Waals surface area contributed by atoms with Crippen molar-refractivity contribution in [2.45, 2.75) is 226 Å². The number of esters is 3. The molecule has 0 aromatic rings. The predicted molar refractivity (Wildman–Crippen MR) is 238 cm³/mol. The van der Waals surface area contributed by atoms with Gasteiger partial charge < -0.3 is 14.2 Å². The summed E-state index contributed by atoms with van der Waals surface area (Å²) in [5.41, 5.74) is 0. The van der Waals surface area contributed by atoms with Crippen molar-refractivity contribution in [3.05, 3.63) is 60.8 Å². The molecule has 56 heavy (non-hydrogen) atoms. The zero-order valence-electron chi connectivity index (χ0n) is 36.6. The molecule has 0 rings (SSSR count). The number of allylic oxidation sites excluding steroid dienone is 10. The van der Waals surface area contributed by atoms with Crippen LogP contribution in [-0.2, 0) is 28.6 Å². The van der Waals surface area contributed by atoms with Crippen molar-refractivity contribution in [3.8, 4) is 0 Å². The molecule has 6 heteroatoms. The molecule has 1 unspecified atom stereocenters. The van der Waals surface area contributed by atoms with Crippen LogP contribution in [0.3, 0.4) is 0 Å². The second kappa shape index (κ2) is 44.8. The first-order valence-electron chi connectivity index (χ1n) is 23.3. The molecular formula is C50H86O6. The molecule has 322 valence electrons. The quantitative estimate of drug-likeness (QED) is 0.0266.